The molecule has 4 rings (SSSR count). The fourth-order valence-electron chi connectivity index (χ4n) is 2.95. The molecule has 0 saturated carbocycles. The molecule has 31 heavy (non-hydrogen) atoms. The predicted octanol–water partition coefficient (Wildman–Crippen LogP) is 4.39. The molecule has 0 bridgehead atoms. The number of para-hydroxylation sites is 3. The Labute approximate surface area is 178 Å². The van der Waals surface area contributed by atoms with Crippen molar-refractivity contribution in [2.24, 2.45) is 0 Å². The molecule has 0 unspecified atom stereocenters. The Bertz CT molecular complexity index is 1410. The molecule has 1 aromatic heterocycles. The van der Waals surface area contributed by atoms with Crippen LogP contribution >= 0.6 is 0 Å². The number of hydrogen-bond acceptors (Lipinski definition) is 7. The van der Waals surface area contributed by atoms with Crippen LogP contribution in [0.4, 0.5) is 23.0 Å². The van der Waals surface area contributed by atoms with Crippen molar-refractivity contribution in [3.8, 4) is 0 Å². The molecule has 0 amide bonds. The van der Waals surface area contributed by atoms with E-state index < -0.39 is 14.9 Å². The first kappa shape index (κ1) is 20.2. The molecular formula is C21H17N5O4S. The Morgan fingerprint density at radius 3 is 2.19 bits per heavy atom. The summed E-state index contributed by atoms with van der Waals surface area (Å²) in [4.78, 5) is 19.1. The van der Waals surface area contributed by atoms with Crippen LogP contribution in [0.15, 0.2) is 77.7 Å². The quantitative estimate of drug-likeness (QED) is 0.340. The monoisotopic (exact) mass is 435 g/mol. The first-order valence-corrected chi connectivity index (χ1v) is 10.7. The van der Waals surface area contributed by atoms with E-state index in [1.54, 1.807) is 18.2 Å². The van der Waals surface area contributed by atoms with Crippen LogP contribution in [0.2, 0.25) is 0 Å². The van der Waals surface area contributed by atoms with Gasteiger partial charge in [0.05, 0.1) is 20.9 Å². The van der Waals surface area contributed by atoms with Crippen LogP contribution in [0.25, 0.3) is 11.0 Å². The van der Waals surface area contributed by atoms with Crippen LogP contribution in [0.3, 0.4) is 0 Å². The van der Waals surface area contributed by atoms with Crippen molar-refractivity contribution in [1.82, 2.24) is 9.97 Å². The number of hydrogen-bond donors (Lipinski definition) is 2. The van der Waals surface area contributed by atoms with Gasteiger partial charge in [-0.3, -0.25) is 14.8 Å². The second-order valence-electron chi connectivity index (χ2n) is 6.71. The zero-order chi connectivity index (χ0) is 22.0. The molecule has 1 heterocycles. The molecule has 9 nitrogen and oxygen atoms in total. The first-order valence-electron chi connectivity index (χ1n) is 9.20. The van der Waals surface area contributed by atoms with Crippen LogP contribution < -0.4 is 10.0 Å². The van der Waals surface area contributed by atoms with Gasteiger partial charge in [0, 0.05) is 17.8 Å². The lowest BCUT2D eigenvalue weighted by Gasteiger charge is -2.15. The third-order valence-corrected chi connectivity index (χ3v) is 5.88. The highest BCUT2D eigenvalue weighted by molar-refractivity contribution is 7.92. The highest BCUT2D eigenvalue weighted by Crippen LogP contribution is 2.28. The van der Waals surface area contributed by atoms with E-state index in [0.717, 1.165) is 17.3 Å². The fraction of sp³-hybridized carbons (Fsp3) is 0.0476. The summed E-state index contributed by atoms with van der Waals surface area (Å²) in [5.41, 5.74) is 2.42. The molecule has 0 saturated heterocycles. The predicted molar refractivity (Wildman–Crippen MR) is 118 cm³/mol. The normalized spacial score (nSPS) is 11.3. The van der Waals surface area contributed by atoms with Crippen molar-refractivity contribution in [1.29, 1.82) is 0 Å². The molecule has 2 N–H and O–H groups in total. The molecule has 156 valence electrons. The summed E-state index contributed by atoms with van der Waals surface area (Å²) in [7, 11) is -4.16. The fourth-order valence-corrected chi connectivity index (χ4v) is 4.00. The van der Waals surface area contributed by atoms with Gasteiger partial charge in [0.1, 0.15) is 0 Å². The van der Waals surface area contributed by atoms with E-state index in [1.807, 2.05) is 37.3 Å². The Morgan fingerprint density at radius 2 is 1.52 bits per heavy atom. The van der Waals surface area contributed by atoms with Crippen molar-refractivity contribution in [2.45, 2.75) is 11.8 Å². The van der Waals surface area contributed by atoms with Gasteiger partial charge in [-0.15, -0.1) is 0 Å². The molecule has 10 heteroatoms. The van der Waals surface area contributed by atoms with Gasteiger partial charge in [-0.1, -0.05) is 36.4 Å². The number of non-ortho nitro benzene ring substituents is 1. The average Bonchev–Trinajstić information content (AvgIpc) is 2.75. The number of anilines is 3. The molecule has 0 spiro atoms. The number of nitrogens with zero attached hydrogens (tertiary/aromatic N) is 3. The van der Waals surface area contributed by atoms with Gasteiger partial charge in [0.2, 0.25) is 0 Å². The number of fused-ring (bicyclic) bond motifs is 1. The number of benzene rings is 3. The summed E-state index contributed by atoms with van der Waals surface area (Å²) in [5.74, 6) is 0.190. The molecule has 0 radical (unpaired) electrons. The Hall–Kier alpha value is -4.05. The number of rotatable bonds is 6. The van der Waals surface area contributed by atoms with Gasteiger partial charge < -0.3 is 5.32 Å². The summed E-state index contributed by atoms with van der Waals surface area (Å²) in [5, 5.41) is 14.2. The van der Waals surface area contributed by atoms with Crippen molar-refractivity contribution in [3.63, 3.8) is 0 Å². The number of nitrogens with one attached hydrogen (secondary N) is 2. The highest BCUT2D eigenvalue weighted by atomic mass is 32.2. The van der Waals surface area contributed by atoms with Crippen LogP contribution in [-0.2, 0) is 10.0 Å². The third-order valence-electron chi connectivity index (χ3n) is 4.54. The zero-order valence-electron chi connectivity index (χ0n) is 16.3. The van der Waals surface area contributed by atoms with E-state index in [9.17, 15) is 18.5 Å². The summed E-state index contributed by atoms with van der Waals surface area (Å²) >= 11 is 0. The van der Waals surface area contributed by atoms with E-state index in [4.69, 9.17) is 0 Å². The summed E-state index contributed by atoms with van der Waals surface area (Å²) in [6.07, 6.45) is 0. The molecule has 0 aliphatic rings. The van der Waals surface area contributed by atoms with Crippen LogP contribution in [-0.4, -0.2) is 23.3 Å². The lowest BCUT2D eigenvalue weighted by Crippen LogP contribution is -2.16. The van der Waals surface area contributed by atoms with E-state index in [1.165, 1.54) is 18.2 Å². The van der Waals surface area contributed by atoms with Gasteiger partial charge in [-0.25, -0.2) is 18.4 Å². The molecule has 0 atom stereocenters. The number of aryl methyl sites for hydroxylation is 1. The topological polar surface area (TPSA) is 127 Å². The lowest BCUT2D eigenvalue weighted by atomic mass is 10.2. The van der Waals surface area contributed by atoms with Crippen molar-refractivity contribution < 1.29 is 13.3 Å². The standard InChI is InChI=1S/C21H17N5O4S/c1-14-7-2-3-10-17(14)22-20-21(24-19-12-5-4-11-18(19)23-20)25-31(29,30)16-9-6-8-15(13-16)26(27)28/h2-13H,1H3,(H,22,23)(H,24,25). The number of sulfonamides is 1. The number of nitro benzene ring substituents is 1. The minimum Gasteiger partial charge on any atom is -0.337 e. The van der Waals surface area contributed by atoms with E-state index >= 15 is 0 Å². The first-order chi connectivity index (χ1) is 14.8. The number of nitro groups is 1. The third kappa shape index (κ3) is 4.28. The molecule has 0 aliphatic carbocycles. The van der Waals surface area contributed by atoms with Crippen LogP contribution in [0.1, 0.15) is 5.56 Å². The van der Waals surface area contributed by atoms with Gasteiger partial charge in [-0.05, 0) is 36.8 Å². The van der Waals surface area contributed by atoms with E-state index in [2.05, 4.69) is 20.0 Å². The van der Waals surface area contributed by atoms with Crippen molar-refractivity contribution >= 4 is 44.1 Å². The maximum atomic E-state index is 13.0. The maximum absolute atomic E-state index is 13.0. The molecular weight excluding hydrogens is 418 g/mol. The van der Waals surface area contributed by atoms with Crippen LogP contribution in [0.5, 0.6) is 0 Å². The van der Waals surface area contributed by atoms with Crippen molar-refractivity contribution in [3.05, 3.63) is 88.5 Å². The second-order valence-corrected chi connectivity index (χ2v) is 8.39. The van der Waals surface area contributed by atoms with Crippen molar-refractivity contribution in [2.75, 3.05) is 10.0 Å². The smallest absolute Gasteiger partial charge is 0.270 e. The SMILES string of the molecule is Cc1ccccc1Nc1nc2ccccc2nc1NS(=O)(=O)c1cccc([N+](=O)[O-])c1. The Morgan fingerprint density at radius 1 is 0.871 bits per heavy atom. The minimum absolute atomic E-state index is 0.0199. The molecule has 3 aromatic carbocycles. The molecule has 0 aliphatic heterocycles. The van der Waals surface area contributed by atoms with E-state index in [0.29, 0.717) is 11.0 Å². The van der Waals surface area contributed by atoms with Gasteiger partial charge in [0.25, 0.3) is 15.7 Å². The summed E-state index contributed by atoms with van der Waals surface area (Å²) < 4.78 is 28.3. The second kappa shape index (κ2) is 8.00. The lowest BCUT2D eigenvalue weighted by molar-refractivity contribution is -0.385. The largest absolute Gasteiger partial charge is 0.337 e. The van der Waals surface area contributed by atoms with E-state index in [-0.39, 0.29) is 22.2 Å². The van der Waals surface area contributed by atoms with Gasteiger partial charge in [0.15, 0.2) is 11.6 Å². The average molecular weight is 435 g/mol. The molecule has 0 fully saturated rings. The molecule has 4 aromatic rings. The van der Waals surface area contributed by atoms with Gasteiger partial charge in [-0.2, -0.15) is 0 Å². The maximum Gasteiger partial charge on any atom is 0.270 e. The highest BCUT2D eigenvalue weighted by Gasteiger charge is 2.21. The summed E-state index contributed by atoms with van der Waals surface area (Å²) in [6, 6.07) is 19.3. The number of aromatic nitrogens is 2. The zero-order valence-corrected chi connectivity index (χ0v) is 17.1. The Balaban J connectivity index is 1.79. The Kier molecular flexibility index (Phi) is 5.22. The van der Waals surface area contributed by atoms with Gasteiger partial charge >= 0.3 is 0 Å². The summed E-state index contributed by atoms with van der Waals surface area (Å²) in [6.45, 7) is 1.91. The van der Waals surface area contributed by atoms with Crippen LogP contribution in [0, 0.1) is 17.0 Å². The minimum atomic E-state index is -4.16.